The summed E-state index contributed by atoms with van der Waals surface area (Å²) in [4.78, 5) is 31.1. The molecule has 1 aliphatic rings. The molecule has 1 amide bonds. The number of aromatic nitrogens is 2. The number of rotatable bonds is 6. The molecule has 0 spiro atoms. The molecule has 2 aromatic carbocycles. The second-order valence-corrected chi connectivity index (χ2v) is 6.69. The number of nitrogens with one attached hydrogen (secondary N) is 3. The average molecular weight is 443 g/mol. The molecule has 31 heavy (non-hydrogen) atoms. The maximum atomic E-state index is 12.3. The van der Waals surface area contributed by atoms with Gasteiger partial charge in [0, 0.05) is 22.3 Å². The summed E-state index contributed by atoms with van der Waals surface area (Å²) in [6.07, 6.45) is 1.13. The second-order valence-electron chi connectivity index (χ2n) is 6.25. The Hall–Kier alpha value is -4.12. The van der Waals surface area contributed by atoms with Crippen LogP contribution in [0.25, 0.3) is 0 Å². The zero-order chi connectivity index (χ0) is 21.8. The van der Waals surface area contributed by atoms with Gasteiger partial charge in [-0.05, 0) is 30.3 Å². The first kappa shape index (κ1) is 20.2. The Balaban J connectivity index is 1.55. The first-order valence-electron chi connectivity index (χ1n) is 8.99. The Morgan fingerprint density at radius 1 is 1.06 bits per heavy atom. The predicted octanol–water partition coefficient (Wildman–Crippen LogP) is 3.31. The van der Waals surface area contributed by atoms with E-state index >= 15 is 0 Å². The van der Waals surface area contributed by atoms with E-state index < -0.39 is 16.5 Å². The highest BCUT2D eigenvalue weighted by atomic mass is 35.5. The lowest BCUT2D eigenvalue weighted by molar-refractivity contribution is -0.383. The second kappa shape index (κ2) is 8.71. The number of fused-ring (bicyclic) bond motifs is 1. The van der Waals surface area contributed by atoms with Gasteiger partial charge in [-0.3, -0.25) is 25.8 Å². The standard InChI is InChI=1S/C19H15ClN6O5/c20-12-3-1-2-11(8-12)19(27)25-24-18-16(26(28)29)17(21-10-22-18)23-13-4-5-14-15(9-13)31-7-6-30-14/h1-5,8-10H,6-7H2,(H,25,27)(H2,21,22,23,24). The minimum atomic E-state index is -0.659. The molecule has 12 heteroatoms. The molecule has 3 N–H and O–H groups in total. The number of benzene rings is 2. The number of anilines is 3. The van der Waals surface area contributed by atoms with Crippen molar-refractivity contribution in [3.63, 3.8) is 0 Å². The van der Waals surface area contributed by atoms with Crippen molar-refractivity contribution in [3.05, 3.63) is 69.5 Å². The minimum absolute atomic E-state index is 0.0730. The van der Waals surface area contributed by atoms with E-state index in [1.54, 1.807) is 36.4 Å². The van der Waals surface area contributed by atoms with Crippen LogP contribution in [0.15, 0.2) is 48.8 Å². The molecular formula is C19H15ClN6O5. The Labute approximate surface area is 180 Å². The average Bonchev–Trinajstić information content (AvgIpc) is 2.77. The first-order valence-corrected chi connectivity index (χ1v) is 9.37. The topological polar surface area (TPSA) is 141 Å². The third-order valence-corrected chi connectivity index (χ3v) is 4.43. The Bertz CT molecular complexity index is 1160. The summed E-state index contributed by atoms with van der Waals surface area (Å²) in [6.45, 7) is 0.859. The summed E-state index contributed by atoms with van der Waals surface area (Å²) < 4.78 is 11.0. The van der Waals surface area contributed by atoms with Crippen LogP contribution in [0.3, 0.4) is 0 Å². The molecule has 4 rings (SSSR count). The van der Waals surface area contributed by atoms with Gasteiger partial charge in [-0.1, -0.05) is 17.7 Å². The molecule has 0 fully saturated rings. The molecule has 11 nitrogen and oxygen atoms in total. The van der Waals surface area contributed by atoms with Gasteiger partial charge in [0.25, 0.3) is 5.91 Å². The van der Waals surface area contributed by atoms with Crippen molar-refractivity contribution in [2.45, 2.75) is 0 Å². The Morgan fingerprint density at radius 2 is 1.84 bits per heavy atom. The summed E-state index contributed by atoms with van der Waals surface area (Å²) in [6, 6.07) is 11.3. The van der Waals surface area contributed by atoms with Gasteiger partial charge in [-0.2, -0.15) is 0 Å². The molecular weight excluding hydrogens is 428 g/mol. The number of nitro groups is 1. The Morgan fingerprint density at radius 3 is 2.61 bits per heavy atom. The SMILES string of the molecule is O=C(NNc1ncnc(Nc2ccc3c(c2)OCCO3)c1[N+](=O)[O-])c1cccc(Cl)c1. The molecule has 0 saturated carbocycles. The lowest BCUT2D eigenvalue weighted by Gasteiger charge is -2.19. The van der Waals surface area contributed by atoms with Crippen LogP contribution < -0.4 is 25.6 Å². The van der Waals surface area contributed by atoms with Crippen LogP contribution >= 0.6 is 11.6 Å². The van der Waals surface area contributed by atoms with E-state index in [4.69, 9.17) is 21.1 Å². The molecule has 2 heterocycles. The van der Waals surface area contributed by atoms with Gasteiger partial charge in [0.15, 0.2) is 11.5 Å². The highest BCUT2D eigenvalue weighted by Crippen LogP contribution is 2.36. The van der Waals surface area contributed by atoms with Gasteiger partial charge in [-0.15, -0.1) is 0 Å². The van der Waals surface area contributed by atoms with Gasteiger partial charge in [0.2, 0.25) is 11.6 Å². The van der Waals surface area contributed by atoms with E-state index in [2.05, 4.69) is 26.1 Å². The molecule has 0 saturated heterocycles. The summed E-state index contributed by atoms with van der Waals surface area (Å²) >= 11 is 5.88. The van der Waals surface area contributed by atoms with Crippen molar-refractivity contribution >= 4 is 40.5 Å². The van der Waals surface area contributed by atoms with Gasteiger partial charge in [0.1, 0.15) is 19.5 Å². The fourth-order valence-corrected chi connectivity index (χ4v) is 3.00. The maximum absolute atomic E-state index is 12.3. The number of carbonyl (C=O) groups excluding carboxylic acids is 1. The highest BCUT2D eigenvalue weighted by molar-refractivity contribution is 6.30. The van der Waals surface area contributed by atoms with Crippen LogP contribution in [0.1, 0.15) is 10.4 Å². The number of halogens is 1. The van der Waals surface area contributed by atoms with E-state index in [9.17, 15) is 14.9 Å². The fraction of sp³-hybridized carbons (Fsp3) is 0.105. The van der Waals surface area contributed by atoms with Crippen LogP contribution in [-0.4, -0.2) is 34.0 Å². The lowest BCUT2D eigenvalue weighted by atomic mass is 10.2. The summed E-state index contributed by atoms with van der Waals surface area (Å²) in [5, 5.41) is 14.9. The third kappa shape index (κ3) is 4.56. The van der Waals surface area contributed by atoms with Gasteiger partial charge < -0.3 is 14.8 Å². The molecule has 1 aliphatic heterocycles. The molecule has 0 radical (unpaired) electrons. The smallest absolute Gasteiger partial charge is 0.355 e. The van der Waals surface area contributed by atoms with Gasteiger partial charge in [-0.25, -0.2) is 9.97 Å². The van der Waals surface area contributed by atoms with Crippen LogP contribution in [0.5, 0.6) is 11.5 Å². The number of hydrogen-bond donors (Lipinski definition) is 3. The summed E-state index contributed by atoms with van der Waals surface area (Å²) in [7, 11) is 0. The molecule has 1 aromatic heterocycles. The van der Waals surface area contributed by atoms with Crippen LogP contribution in [0.4, 0.5) is 23.0 Å². The zero-order valence-corrected chi connectivity index (χ0v) is 16.5. The van der Waals surface area contributed by atoms with Crippen LogP contribution in [0.2, 0.25) is 5.02 Å². The van der Waals surface area contributed by atoms with E-state index in [0.717, 1.165) is 6.33 Å². The van der Waals surface area contributed by atoms with Crippen molar-refractivity contribution in [1.82, 2.24) is 15.4 Å². The first-order chi connectivity index (χ1) is 15.0. The van der Waals surface area contributed by atoms with Crippen molar-refractivity contribution in [2.75, 3.05) is 24.0 Å². The highest BCUT2D eigenvalue weighted by Gasteiger charge is 2.24. The van der Waals surface area contributed by atoms with E-state index in [1.807, 2.05) is 0 Å². The molecule has 0 aliphatic carbocycles. The fourth-order valence-electron chi connectivity index (χ4n) is 2.81. The van der Waals surface area contributed by atoms with E-state index in [1.165, 1.54) is 6.07 Å². The summed E-state index contributed by atoms with van der Waals surface area (Å²) in [5.41, 5.74) is 5.15. The number of amides is 1. The minimum Gasteiger partial charge on any atom is -0.486 e. The maximum Gasteiger partial charge on any atom is 0.355 e. The molecule has 0 atom stereocenters. The lowest BCUT2D eigenvalue weighted by Crippen LogP contribution is -2.30. The molecule has 0 bridgehead atoms. The molecule has 158 valence electrons. The molecule has 0 unspecified atom stereocenters. The number of ether oxygens (including phenoxy) is 2. The summed E-state index contributed by atoms with van der Waals surface area (Å²) in [5.74, 6) is 0.281. The largest absolute Gasteiger partial charge is 0.486 e. The van der Waals surface area contributed by atoms with Gasteiger partial charge >= 0.3 is 5.69 Å². The van der Waals surface area contributed by atoms with Crippen molar-refractivity contribution < 1.29 is 19.2 Å². The van der Waals surface area contributed by atoms with Crippen LogP contribution in [-0.2, 0) is 0 Å². The predicted molar refractivity (Wildman–Crippen MR) is 112 cm³/mol. The number of hydrazine groups is 1. The van der Waals surface area contributed by atoms with Gasteiger partial charge in [0.05, 0.1) is 4.92 Å². The van der Waals surface area contributed by atoms with Crippen molar-refractivity contribution in [1.29, 1.82) is 0 Å². The number of carbonyl (C=O) groups is 1. The van der Waals surface area contributed by atoms with Crippen LogP contribution in [0, 0.1) is 10.1 Å². The molecule has 3 aromatic rings. The number of nitrogens with zero attached hydrogens (tertiary/aromatic N) is 3. The van der Waals surface area contributed by atoms with Crippen molar-refractivity contribution in [2.24, 2.45) is 0 Å². The zero-order valence-electron chi connectivity index (χ0n) is 15.8. The Kier molecular flexibility index (Phi) is 5.67. The quantitative estimate of drug-likeness (QED) is 0.387. The number of hydrogen-bond acceptors (Lipinski definition) is 9. The van der Waals surface area contributed by atoms with E-state index in [-0.39, 0.29) is 17.2 Å². The monoisotopic (exact) mass is 442 g/mol. The third-order valence-electron chi connectivity index (χ3n) is 4.19. The normalized spacial score (nSPS) is 12.0. The van der Waals surface area contributed by atoms with Crippen molar-refractivity contribution in [3.8, 4) is 11.5 Å². The van der Waals surface area contributed by atoms with E-state index in [0.29, 0.717) is 35.4 Å².